The SMILES string of the molecule is N#Cc1c(F)cccc1C1(O)CC2CCCC(C1)N2. The van der Waals surface area contributed by atoms with Crippen molar-refractivity contribution in [3.8, 4) is 6.07 Å². The second-order valence-corrected chi connectivity index (χ2v) is 5.71. The maximum Gasteiger partial charge on any atom is 0.141 e. The third-order valence-electron chi connectivity index (χ3n) is 4.37. The summed E-state index contributed by atoms with van der Waals surface area (Å²) in [7, 11) is 0. The van der Waals surface area contributed by atoms with Crippen LogP contribution in [0.1, 0.15) is 43.2 Å². The predicted molar refractivity (Wildman–Crippen MR) is 68.8 cm³/mol. The number of aliphatic hydroxyl groups is 1. The van der Waals surface area contributed by atoms with Gasteiger partial charge < -0.3 is 10.4 Å². The van der Waals surface area contributed by atoms with E-state index in [1.54, 1.807) is 12.1 Å². The fourth-order valence-corrected chi connectivity index (χ4v) is 3.58. The van der Waals surface area contributed by atoms with Gasteiger partial charge in [0.1, 0.15) is 11.9 Å². The van der Waals surface area contributed by atoms with Gasteiger partial charge in [0.05, 0.1) is 11.2 Å². The number of fused-ring (bicyclic) bond motifs is 2. The lowest BCUT2D eigenvalue weighted by Crippen LogP contribution is -2.54. The number of piperidine rings is 2. The second kappa shape index (κ2) is 4.59. The molecule has 100 valence electrons. The van der Waals surface area contributed by atoms with Crippen LogP contribution in [0.25, 0.3) is 0 Å². The Hall–Kier alpha value is -1.44. The third-order valence-corrected chi connectivity index (χ3v) is 4.37. The summed E-state index contributed by atoms with van der Waals surface area (Å²) in [5.74, 6) is -0.544. The number of nitriles is 1. The molecule has 4 heteroatoms. The Morgan fingerprint density at radius 2 is 2.00 bits per heavy atom. The Morgan fingerprint density at radius 3 is 2.63 bits per heavy atom. The Kier molecular flexibility index (Phi) is 3.04. The first-order valence-corrected chi connectivity index (χ1v) is 6.80. The van der Waals surface area contributed by atoms with Gasteiger partial charge in [-0.1, -0.05) is 18.6 Å². The van der Waals surface area contributed by atoms with Gasteiger partial charge in [-0.3, -0.25) is 0 Å². The minimum atomic E-state index is -1.08. The zero-order valence-electron chi connectivity index (χ0n) is 10.7. The van der Waals surface area contributed by atoms with Crippen LogP contribution in [0.4, 0.5) is 4.39 Å². The van der Waals surface area contributed by atoms with E-state index in [0.29, 0.717) is 18.4 Å². The first-order valence-electron chi connectivity index (χ1n) is 6.80. The summed E-state index contributed by atoms with van der Waals surface area (Å²) in [5, 5.41) is 23.6. The number of rotatable bonds is 1. The van der Waals surface area contributed by atoms with E-state index in [4.69, 9.17) is 5.26 Å². The molecular formula is C15H17FN2O. The van der Waals surface area contributed by atoms with Crippen molar-refractivity contribution in [3.05, 3.63) is 35.1 Å². The highest BCUT2D eigenvalue weighted by atomic mass is 19.1. The molecule has 2 aliphatic rings. The van der Waals surface area contributed by atoms with E-state index in [1.165, 1.54) is 12.5 Å². The van der Waals surface area contributed by atoms with Gasteiger partial charge in [0.25, 0.3) is 0 Å². The summed E-state index contributed by atoms with van der Waals surface area (Å²) < 4.78 is 13.7. The molecule has 2 unspecified atom stereocenters. The molecule has 19 heavy (non-hydrogen) atoms. The number of benzene rings is 1. The molecule has 1 aromatic carbocycles. The molecule has 0 amide bonds. The van der Waals surface area contributed by atoms with Crippen molar-refractivity contribution in [3.63, 3.8) is 0 Å². The standard InChI is InChI=1S/C15H17FN2O/c16-14-6-2-5-13(12(14)9-17)15(19)7-10-3-1-4-11(8-15)18-10/h2,5-6,10-11,18-19H,1,3-4,7-8H2. The molecule has 0 aliphatic carbocycles. The fraction of sp³-hybridized carbons (Fsp3) is 0.533. The van der Waals surface area contributed by atoms with Gasteiger partial charge in [0.2, 0.25) is 0 Å². The van der Waals surface area contributed by atoms with Crippen molar-refractivity contribution in [2.24, 2.45) is 0 Å². The van der Waals surface area contributed by atoms with Gasteiger partial charge in [0, 0.05) is 17.6 Å². The van der Waals surface area contributed by atoms with Crippen LogP contribution in [-0.4, -0.2) is 17.2 Å². The molecule has 2 saturated heterocycles. The number of hydrogen-bond donors (Lipinski definition) is 2. The van der Waals surface area contributed by atoms with E-state index < -0.39 is 11.4 Å². The molecule has 2 N–H and O–H groups in total. The van der Waals surface area contributed by atoms with Gasteiger partial charge in [0.15, 0.2) is 0 Å². The second-order valence-electron chi connectivity index (χ2n) is 5.71. The van der Waals surface area contributed by atoms with Crippen LogP contribution < -0.4 is 5.32 Å². The van der Waals surface area contributed by atoms with Gasteiger partial charge in [-0.25, -0.2) is 4.39 Å². The zero-order valence-corrected chi connectivity index (χ0v) is 10.7. The molecule has 2 bridgehead atoms. The molecule has 2 atom stereocenters. The maximum atomic E-state index is 13.7. The molecule has 3 nitrogen and oxygen atoms in total. The highest BCUT2D eigenvalue weighted by Crippen LogP contribution is 2.41. The van der Waals surface area contributed by atoms with Crippen LogP contribution in [0.2, 0.25) is 0 Å². The first-order chi connectivity index (χ1) is 9.12. The van der Waals surface area contributed by atoms with Crippen molar-refractivity contribution in [2.75, 3.05) is 0 Å². The number of nitrogens with zero attached hydrogens (tertiary/aromatic N) is 1. The molecule has 0 aromatic heterocycles. The Balaban J connectivity index is 2.01. The van der Waals surface area contributed by atoms with E-state index in [2.05, 4.69) is 5.32 Å². The minimum absolute atomic E-state index is 0.00928. The number of halogens is 1. The van der Waals surface area contributed by atoms with Crippen molar-refractivity contribution in [1.29, 1.82) is 5.26 Å². The van der Waals surface area contributed by atoms with Crippen LogP contribution in [0, 0.1) is 17.1 Å². The quantitative estimate of drug-likeness (QED) is 0.813. The lowest BCUT2D eigenvalue weighted by molar-refractivity contribution is -0.0362. The average molecular weight is 260 g/mol. The van der Waals surface area contributed by atoms with Crippen molar-refractivity contribution in [2.45, 2.75) is 49.8 Å². The molecule has 0 saturated carbocycles. The molecular weight excluding hydrogens is 243 g/mol. The summed E-state index contributed by atoms with van der Waals surface area (Å²) in [6.07, 6.45) is 4.36. The van der Waals surface area contributed by atoms with Crippen LogP contribution in [0.5, 0.6) is 0 Å². The highest BCUT2D eigenvalue weighted by molar-refractivity contribution is 5.43. The van der Waals surface area contributed by atoms with Crippen LogP contribution in [-0.2, 0) is 5.60 Å². The monoisotopic (exact) mass is 260 g/mol. The molecule has 0 spiro atoms. The van der Waals surface area contributed by atoms with Crippen molar-refractivity contribution < 1.29 is 9.50 Å². The molecule has 2 aliphatic heterocycles. The normalized spacial score (nSPS) is 33.7. The van der Waals surface area contributed by atoms with Crippen LogP contribution >= 0.6 is 0 Å². The molecule has 3 rings (SSSR count). The lowest BCUT2D eigenvalue weighted by Gasteiger charge is -2.45. The summed E-state index contributed by atoms with van der Waals surface area (Å²) in [6.45, 7) is 0. The fourth-order valence-electron chi connectivity index (χ4n) is 3.58. The number of nitrogens with one attached hydrogen (secondary N) is 1. The van der Waals surface area contributed by atoms with Crippen molar-refractivity contribution in [1.82, 2.24) is 5.32 Å². The lowest BCUT2D eigenvalue weighted by atomic mass is 9.73. The Morgan fingerprint density at radius 1 is 1.32 bits per heavy atom. The summed E-state index contributed by atoms with van der Waals surface area (Å²) >= 11 is 0. The maximum absolute atomic E-state index is 13.7. The molecule has 1 aromatic rings. The van der Waals surface area contributed by atoms with Gasteiger partial charge >= 0.3 is 0 Å². The van der Waals surface area contributed by atoms with Crippen molar-refractivity contribution >= 4 is 0 Å². The predicted octanol–water partition coefficient (Wildman–Crippen LogP) is 2.19. The van der Waals surface area contributed by atoms with Gasteiger partial charge in [-0.2, -0.15) is 5.26 Å². The average Bonchev–Trinajstić information content (AvgIpc) is 2.37. The summed E-state index contributed by atoms with van der Waals surface area (Å²) in [5.41, 5.74) is -0.632. The first kappa shape index (κ1) is 12.6. The highest BCUT2D eigenvalue weighted by Gasteiger charge is 2.43. The zero-order chi connectivity index (χ0) is 13.5. The number of hydrogen-bond acceptors (Lipinski definition) is 3. The van der Waals surface area contributed by atoms with E-state index >= 15 is 0 Å². The minimum Gasteiger partial charge on any atom is -0.385 e. The summed E-state index contributed by atoms with van der Waals surface area (Å²) in [6, 6.07) is 6.96. The summed E-state index contributed by atoms with van der Waals surface area (Å²) in [4.78, 5) is 0. The topological polar surface area (TPSA) is 56.0 Å². The largest absolute Gasteiger partial charge is 0.385 e. The Bertz CT molecular complexity index is 525. The van der Waals surface area contributed by atoms with Crippen LogP contribution in [0.15, 0.2) is 18.2 Å². The van der Waals surface area contributed by atoms with E-state index in [9.17, 15) is 9.50 Å². The smallest absolute Gasteiger partial charge is 0.141 e. The van der Waals surface area contributed by atoms with Gasteiger partial charge in [-0.15, -0.1) is 0 Å². The van der Waals surface area contributed by atoms with Crippen LogP contribution in [0.3, 0.4) is 0 Å². The van der Waals surface area contributed by atoms with Gasteiger partial charge in [-0.05, 0) is 31.7 Å². The van der Waals surface area contributed by atoms with E-state index in [1.807, 2.05) is 6.07 Å². The molecule has 2 fully saturated rings. The molecule has 2 heterocycles. The molecule has 0 radical (unpaired) electrons. The Labute approximate surface area is 112 Å². The van der Waals surface area contributed by atoms with E-state index in [0.717, 1.165) is 12.8 Å². The third kappa shape index (κ3) is 2.13. The van der Waals surface area contributed by atoms with E-state index in [-0.39, 0.29) is 17.6 Å².